The predicted octanol–water partition coefficient (Wildman–Crippen LogP) is 3.42. The van der Waals surface area contributed by atoms with Gasteiger partial charge in [0.25, 0.3) is 5.91 Å². The largest absolute Gasteiger partial charge is 0.381 e. The van der Waals surface area contributed by atoms with E-state index >= 15 is 0 Å². The molecule has 0 N–H and O–H groups in total. The fourth-order valence-electron chi connectivity index (χ4n) is 3.70. The molecule has 1 saturated heterocycles. The van der Waals surface area contributed by atoms with Crippen LogP contribution >= 0.6 is 0 Å². The Hall–Kier alpha value is -2.20. The van der Waals surface area contributed by atoms with E-state index in [4.69, 9.17) is 4.74 Å². The number of carbonyl (C=O) groups excluding carboxylic acids is 1. The van der Waals surface area contributed by atoms with Crippen LogP contribution in [-0.2, 0) is 11.2 Å². The van der Waals surface area contributed by atoms with Crippen LogP contribution in [0.25, 0.3) is 0 Å². The molecule has 1 aliphatic rings. The molecule has 1 aliphatic heterocycles. The molecule has 0 aliphatic carbocycles. The number of aromatic nitrogens is 1. The Balaban J connectivity index is 1.74. The van der Waals surface area contributed by atoms with Gasteiger partial charge >= 0.3 is 0 Å². The first kappa shape index (κ1) is 17.6. The molecule has 2 atom stereocenters. The van der Waals surface area contributed by atoms with Crippen LogP contribution in [0, 0.1) is 19.8 Å². The van der Waals surface area contributed by atoms with Crippen LogP contribution < -0.4 is 0 Å². The highest BCUT2D eigenvalue weighted by Gasteiger charge is 2.32. The van der Waals surface area contributed by atoms with Crippen molar-refractivity contribution in [1.29, 1.82) is 0 Å². The third-order valence-corrected chi connectivity index (χ3v) is 4.96. The maximum absolute atomic E-state index is 12.8. The van der Waals surface area contributed by atoms with Crippen molar-refractivity contribution in [2.45, 2.75) is 32.8 Å². The predicted molar refractivity (Wildman–Crippen MR) is 98.7 cm³/mol. The normalized spacial score (nSPS) is 20.5. The standard InChI is InChI=1S/C21H26N2O2/c1-15-5-4-6-17(9-15)11-19-14-23(8-7-20(19)25-3)21(24)18-10-16(2)12-22-13-18/h4-6,9-10,12-13,19-20H,7-8,11,14H2,1-3H3/t19-,20+/m1/s1. The molecular formula is C21H26N2O2. The lowest BCUT2D eigenvalue weighted by atomic mass is 9.88. The lowest BCUT2D eigenvalue weighted by molar-refractivity contribution is -0.00301. The lowest BCUT2D eigenvalue weighted by Crippen LogP contribution is -2.47. The van der Waals surface area contributed by atoms with Crippen molar-refractivity contribution in [3.8, 4) is 0 Å². The van der Waals surface area contributed by atoms with Crippen LogP contribution in [-0.4, -0.2) is 42.1 Å². The second-order valence-electron chi connectivity index (χ2n) is 7.02. The van der Waals surface area contributed by atoms with E-state index in [1.807, 2.05) is 17.9 Å². The zero-order valence-electron chi connectivity index (χ0n) is 15.2. The number of nitrogens with zero attached hydrogens (tertiary/aromatic N) is 2. The van der Waals surface area contributed by atoms with Gasteiger partial charge in [0.1, 0.15) is 0 Å². The maximum Gasteiger partial charge on any atom is 0.255 e. The van der Waals surface area contributed by atoms with E-state index in [1.165, 1.54) is 11.1 Å². The van der Waals surface area contributed by atoms with E-state index in [1.54, 1.807) is 19.5 Å². The number of aryl methyl sites for hydroxylation is 2. The zero-order valence-corrected chi connectivity index (χ0v) is 15.2. The molecule has 0 bridgehead atoms. The Labute approximate surface area is 149 Å². The first-order chi connectivity index (χ1) is 12.1. The van der Waals surface area contributed by atoms with Crippen LogP contribution in [0.15, 0.2) is 42.7 Å². The molecular weight excluding hydrogens is 312 g/mol. The molecule has 2 aromatic rings. The van der Waals surface area contributed by atoms with Gasteiger partial charge in [0.05, 0.1) is 11.7 Å². The molecule has 0 radical (unpaired) electrons. The van der Waals surface area contributed by atoms with Crippen molar-refractivity contribution < 1.29 is 9.53 Å². The van der Waals surface area contributed by atoms with E-state index in [0.29, 0.717) is 11.5 Å². The summed E-state index contributed by atoms with van der Waals surface area (Å²) in [4.78, 5) is 19.0. The Bertz CT molecular complexity index is 744. The molecule has 4 nitrogen and oxygen atoms in total. The van der Waals surface area contributed by atoms with Crippen LogP contribution in [0.2, 0.25) is 0 Å². The maximum atomic E-state index is 12.8. The van der Waals surface area contributed by atoms with Crippen molar-refractivity contribution in [3.63, 3.8) is 0 Å². The van der Waals surface area contributed by atoms with Gasteiger partial charge < -0.3 is 9.64 Å². The second-order valence-corrected chi connectivity index (χ2v) is 7.02. The summed E-state index contributed by atoms with van der Waals surface area (Å²) in [5.41, 5.74) is 4.25. The van der Waals surface area contributed by atoms with Gasteiger partial charge in [-0.1, -0.05) is 29.8 Å². The molecule has 0 spiro atoms. The first-order valence-electron chi connectivity index (χ1n) is 8.86. The molecule has 1 aromatic carbocycles. The summed E-state index contributed by atoms with van der Waals surface area (Å²) in [6.07, 6.45) is 5.43. The van der Waals surface area contributed by atoms with Crippen molar-refractivity contribution in [3.05, 3.63) is 65.0 Å². The molecule has 0 saturated carbocycles. The molecule has 132 valence electrons. The summed E-state index contributed by atoms with van der Waals surface area (Å²) >= 11 is 0. The Morgan fingerprint density at radius 2 is 2.08 bits per heavy atom. The van der Waals surface area contributed by atoms with Gasteiger partial charge in [0.2, 0.25) is 0 Å². The Morgan fingerprint density at radius 3 is 2.80 bits per heavy atom. The average Bonchev–Trinajstić information content (AvgIpc) is 2.61. The minimum Gasteiger partial charge on any atom is -0.381 e. The van der Waals surface area contributed by atoms with Gasteiger partial charge in [-0.05, 0) is 43.9 Å². The third-order valence-electron chi connectivity index (χ3n) is 4.96. The average molecular weight is 338 g/mol. The van der Waals surface area contributed by atoms with Crippen LogP contribution in [0.1, 0.15) is 33.5 Å². The first-order valence-corrected chi connectivity index (χ1v) is 8.86. The highest BCUT2D eigenvalue weighted by Crippen LogP contribution is 2.25. The quantitative estimate of drug-likeness (QED) is 0.858. The summed E-state index contributed by atoms with van der Waals surface area (Å²) in [7, 11) is 1.77. The van der Waals surface area contributed by atoms with E-state index < -0.39 is 0 Å². The summed E-state index contributed by atoms with van der Waals surface area (Å²) < 4.78 is 5.71. The topological polar surface area (TPSA) is 42.4 Å². The van der Waals surface area contributed by atoms with Crippen LogP contribution in [0.4, 0.5) is 0 Å². The molecule has 3 rings (SSSR count). The summed E-state index contributed by atoms with van der Waals surface area (Å²) in [6, 6.07) is 10.5. The highest BCUT2D eigenvalue weighted by atomic mass is 16.5. The molecule has 2 heterocycles. The summed E-state index contributed by atoms with van der Waals surface area (Å²) in [6.45, 7) is 5.52. The van der Waals surface area contributed by atoms with Gasteiger partial charge in [-0.15, -0.1) is 0 Å². The number of piperidine rings is 1. The number of benzene rings is 1. The van der Waals surface area contributed by atoms with Crippen molar-refractivity contribution in [2.75, 3.05) is 20.2 Å². The van der Waals surface area contributed by atoms with Gasteiger partial charge in [-0.2, -0.15) is 0 Å². The Kier molecular flexibility index (Phi) is 5.49. The lowest BCUT2D eigenvalue weighted by Gasteiger charge is -2.38. The van der Waals surface area contributed by atoms with Crippen molar-refractivity contribution in [1.82, 2.24) is 9.88 Å². The number of rotatable bonds is 4. The number of hydrogen-bond acceptors (Lipinski definition) is 3. The zero-order chi connectivity index (χ0) is 17.8. The highest BCUT2D eigenvalue weighted by molar-refractivity contribution is 5.94. The number of carbonyl (C=O) groups is 1. The SMILES string of the molecule is CO[C@H]1CCN(C(=O)c2cncc(C)c2)C[C@H]1Cc1cccc(C)c1. The second kappa shape index (κ2) is 7.79. The number of ether oxygens (including phenoxy) is 1. The van der Waals surface area contributed by atoms with Crippen LogP contribution in [0.3, 0.4) is 0 Å². The smallest absolute Gasteiger partial charge is 0.255 e. The van der Waals surface area contributed by atoms with Crippen LogP contribution in [0.5, 0.6) is 0 Å². The summed E-state index contributed by atoms with van der Waals surface area (Å²) in [5, 5.41) is 0. The fourth-order valence-corrected chi connectivity index (χ4v) is 3.70. The van der Waals surface area contributed by atoms with E-state index in [2.05, 4.69) is 36.2 Å². The van der Waals surface area contributed by atoms with Gasteiger partial charge in [-0.25, -0.2) is 0 Å². The molecule has 1 fully saturated rings. The molecule has 25 heavy (non-hydrogen) atoms. The van der Waals surface area contributed by atoms with E-state index in [-0.39, 0.29) is 12.0 Å². The molecule has 4 heteroatoms. The minimum atomic E-state index is 0.0694. The van der Waals surface area contributed by atoms with E-state index in [9.17, 15) is 4.79 Å². The molecule has 1 aromatic heterocycles. The monoisotopic (exact) mass is 338 g/mol. The number of amides is 1. The third kappa shape index (κ3) is 4.26. The number of likely N-dealkylation sites (tertiary alicyclic amines) is 1. The molecule has 1 amide bonds. The number of hydrogen-bond donors (Lipinski definition) is 0. The minimum absolute atomic E-state index is 0.0694. The molecule has 0 unspecified atom stereocenters. The van der Waals surface area contributed by atoms with Crippen molar-refractivity contribution in [2.24, 2.45) is 5.92 Å². The fraction of sp³-hybridized carbons (Fsp3) is 0.429. The van der Waals surface area contributed by atoms with Gasteiger partial charge in [-0.3, -0.25) is 9.78 Å². The Morgan fingerprint density at radius 1 is 1.24 bits per heavy atom. The summed E-state index contributed by atoms with van der Waals surface area (Å²) in [5.74, 6) is 0.377. The van der Waals surface area contributed by atoms with E-state index in [0.717, 1.165) is 31.5 Å². The number of pyridine rings is 1. The van der Waals surface area contributed by atoms with Crippen molar-refractivity contribution >= 4 is 5.91 Å². The van der Waals surface area contributed by atoms with Gasteiger partial charge in [0.15, 0.2) is 0 Å². The number of methoxy groups -OCH3 is 1. The van der Waals surface area contributed by atoms with Gasteiger partial charge in [0, 0.05) is 38.5 Å².